The van der Waals surface area contributed by atoms with Crippen LogP contribution in [0.1, 0.15) is 21.5 Å². The molecule has 2 aromatic carbocycles. The average Bonchev–Trinajstić information content (AvgIpc) is 2.74. The lowest BCUT2D eigenvalue weighted by Crippen LogP contribution is -2.26. The standard InChI is InChI=1S/C23H25N3O2/c1-26(17-18-8-4-3-5-9-18)23(27)20-13-15-25-22(16-20)24-14-12-19-10-6-7-11-21(19)28-2/h3-11,13,15-16H,12,14,17H2,1-2H3,(H,24,25). The first-order chi connectivity index (χ1) is 13.7. The third-order valence-corrected chi connectivity index (χ3v) is 4.51. The summed E-state index contributed by atoms with van der Waals surface area (Å²) in [6.07, 6.45) is 2.47. The maximum atomic E-state index is 12.7. The Morgan fingerprint density at radius 2 is 1.82 bits per heavy atom. The molecule has 1 amide bonds. The van der Waals surface area contributed by atoms with Gasteiger partial charge >= 0.3 is 0 Å². The normalized spacial score (nSPS) is 10.4. The van der Waals surface area contributed by atoms with E-state index in [1.807, 2.05) is 61.6 Å². The first-order valence-electron chi connectivity index (χ1n) is 9.28. The molecule has 5 nitrogen and oxygen atoms in total. The summed E-state index contributed by atoms with van der Waals surface area (Å²) >= 11 is 0. The molecule has 0 unspecified atom stereocenters. The molecule has 0 saturated carbocycles. The molecule has 1 aromatic heterocycles. The van der Waals surface area contributed by atoms with Gasteiger partial charge in [0.1, 0.15) is 11.6 Å². The van der Waals surface area contributed by atoms with Gasteiger partial charge in [0.05, 0.1) is 7.11 Å². The van der Waals surface area contributed by atoms with Crippen LogP contribution in [-0.4, -0.2) is 36.5 Å². The van der Waals surface area contributed by atoms with Crippen molar-refractivity contribution in [3.05, 3.63) is 89.6 Å². The van der Waals surface area contributed by atoms with Crippen molar-refractivity contribution in [2.45, 2.75) is 13.0 Å². The maximum absolute atomic E-state index is 12.7. The summed E-state index contributed by atoms with van der Waals surface area (Å²) in [7, 11) is 3.49. The number of aromatic nitrogens is 1. The first kappa shape index (κ1) is 19.4. The smallest absolute Gasteiger partial charge is 0.254 e. The van der Waals surface area contributed by atoms with Crippen molar-refractivity contribution in [3.8, 4) is 5.75 Å². The molecule has 144 valence electrons. The molecule has 0 aliphatic carbocycles. The molecule has 0 aliphatic heterocycles. The zero-order chi connectivity index (χ0) is 19.8. The van der Waals surface area contributed by atoms with E-state index in [-0.39, 0.29) is 5.91 Å². The fourth-order valence-electron chi connectivity index (χ4n) is 3.04. The van der Waals surface area contributed by atoms with Crippen molar-refractivity contribution in [1.82, 2.24) is 9.88 Å². The minimum Gasteiger partial charge on any atom is -0.496 e. The van der Waals surface area contributed by atoms with Gasteiger partial charge in [-0.05, 0) is 35.7 Å². The number of nitrogens with one attached hydrogen (secondary N) is 1. The second-order valence-corrected chi connectivity index (χ2v) is 6.57. The van der Waals surface area contributed by atoms with Gasteiger partial charge in [-0.2, -0.15) is 0 Å². The summed E-state index contributed by atoms with van der Waals surface area (Å²) in [5.74, 6) is 1.54. The van der Waals surface area contributed by atoms with Crippen LogP contribution in [0.15, 0.2) is 72.9 Å². The largest absolute Gasteiger partial charge is 0.496 e. The second kappa shape index (κ2) is 9.55. The molecule has 5 heteroatoms. The maximum Gasteiger partial charge on any atom is 0.254 e. The molecule has 1 N–H and O–H groups in total. The fourth-order valence-corrected chi connectivity index (χ4v) is 3.04. The minimum atomic E-state index is -0.0287. The molecule has 0 aliphatic rings. The van der Waals surface area contributed by atoms with E-state index in [2.05, 4.69) is 10.3 Å². The molecule has 0 bridgehead atoms. The molecule has 0 fully saturated rings. The second-order valence-electron chi connectivity index (χ2n) is 6.57. The van der Waals surface area contributed by atoms with Gasteiger partial charge in [0, 0.05) is 31.9 Å². The molecule has 0 radical (unpaired) electrons. The molecule has 3 aromatic rings. The van der Waals surface area contributed by atoms with E-state index < -0.39 is 0 Å². The number of methoxy groups -OCH3 is 1. The summed E-state index contributed by atoms with van der Waals surface area (Å²) in [5.41, 5.74) is 2.85. The molecule has 0 spiro atoms. The highest BCUT2D eigenvalue weighted by Gasteiger charge is 2.13. The zero-order valence-corrected chi connectivity index (χ0v) is 16.3. The summed E-state index contributed by atoms with van der Waals surface area (Å²) in [5, 5.41) is 3.29. The lowest BCUT2D eigenvalue weighted by atomic mass is 10.1. The SMILES string of the molecule is COc1ccccc1CCNc1cc(C(=O)N(C)Cc2ccccc2)ccn1. The van der Waals surface area contributed by atoms with Crippen molar-refractivity contribution in [2.75, 3.05) is 26.0 Å². The Labute approximate surface area is 166 Å². The molecular formula is C23H25N3O2. The van der Waals surface area contributed by atoms with Crippen LogP contribution in [-0.2, 0) is 13.0 Å². The van der Waals surface area contributed by atoms with Crippen LogP contribution in [0.2, 0.25) is 0 Å². The van der Waals surface area contributed by atoms with Gasteiger partial charge in [-0.1, -0.05) is 48.5 Å². The number of hydrogen-bond donors (Lipinski definition) is 1. The Bertz CT molecular complexity index is 912. The van der Waals surface area contributed by atoms with Gasteiger partial charge in [0.15, 0.2) is 0 Å². The quantitative estimate of drug-likeness (QED) is 0.646. The Hall–Kier alpha value is -3.34. The number of para-hydroxylation sites is 1. The molecule has 28 heavy (non-hydrogen) atoms. The monoisotopic (exact) mass is 375 g/mol. The number of anilines is 1. The number of nitrogens with zero attached hydrogens (tertiary/aromatic N) is 2. The Balaban J connectivity index is 1.59. The van der Waals surface area contributed by atoms with Gasteiger partial charge in [-0.3, -0.25) is 4.79 Å². The van der Waals surface area contributed by atoms with E-state index in [4.69, 9.17) is 4.74 Å². The van der Waals surface area contributed by atoms with Crippen LogP contribution in [0, 0.1) is 0 Å². The van der Waals surface area contributed by atoms with Gasteiger partial charge < -0.3 is 15.0 Å². The minimum absolute atomic E-state index is 0.0287. The van der Waals surface area contributed by atoms with Crippen LogP contribution in [0.25, 0.3) is 0 Å². The summed E-state index contributed by atoms with van der Waals surface area (Å²) in [6.45, 7) is 1.27. The van der Waals surface area contributed by atoms with E-state index in [0.717, 1.165) is 23.3 Å². The summed E-state index contributed by atoms with van der Waals surface area (Å²) in [4.78, 5) is 18.8. The van der Waals surface area contributed by atoms with Crippen LogP contribution in [0.3, 0.4) is 0 Å². The number of amides is 1. The third kappa shape index (κ3) is 5.10. The van der Waals surface area contributed by atoms with E-state index in [1.165, 1.54) is 0 Å². The molecule has 0 atom stereocenters. The summed E-state index contributed by atoms with van der Waals surface area (Å²) in [6, 6.07) is 21.5. The van der Waals surface area contributed by atoms with Crippen LogP contribution in [0.4, 0.5) is 5.82 Å². The van der Waals surface area contributed by atoms with Crippen molar-refractivity contribution < 1.29 is 9.53 Å². The van der Waals surface area contributed by atoms with Crippen LogP contribution < -0.4 is 10.1 Å². The molecule has 1 heterocycles. The highest BCUT2D eigenvalue weighted by molar-refractivity contribution is 5.94. The Kier molecular flexibility index (Phi) is 6.63. The lowest BCUT2D eigenvalue weighted by molar-refractivity contribution is 0.0785. The predicted octanol–water partition coefficient (Wildman–Crippen LogP) is 4.02. The van der Waals surface area contributed by atoms with E-state index in [0.29, 0.717) is 24.5 Å². The first-order valence-corrected chi connectivity index (χ1v) is 9.28. The van der Waals surface area contributed by atoms with Crippen molar-refractivity contribution in [3.63, 3.8) is 0 Å². The highest BCUT2D eigenvalue weighted by Crippen LogP contribution is 2.18. The number of ether oxygens (including phenoxy) is 1. The number of hydrogen-bond acceptors (Lipinski definition) is 4. The molecule has 0 saturated heterocycles. The number of carbonyl (C=O) groups excluding carboxylic acids is 1. The number of pyridine rings is 1. The van der Waals surface area contributed by atoms with E-state index in [9.17, 15) is 4.79 Å². The van der Waals surface area contributed by atoms with Crippen LogP contribution >= 0.6 is 0 Å². The lowest BCUT2D eigenvalue weighted by Gasteiger charge is -2.18. The third-order valence-electron chi connectivity index (χ3n) is 4.51. The zero-order valence-electron chi connectivity index (χ0n) is 16.3. The van der Waals surface area contributed by atoms with Gasteiger partial charge in [0.2, 0.25) is 0 Å². The molecule has 3 rings (SSSR count). The highest BCUT2D eigenvalue weighted by atomic mass is 16.5. The van der Waals surface area contributed by atoms with E-state index >= 15 is 0 Å². The fraction of sp³-hybridized carbons (Fsp3) is 0.217. The number of rotatable bonds is 8. The van der Waals surface area contributed by atoms with Gasteiger partial charge in [-0.25, -0.2) is 4.98 Å². The van der Waals surface area contributed by atoms with E-state index in [1.54, 1.807) is 30.3 Å². The Morgan fingerprint density at radius 1 is 1.07 bits per heavy atom. The van der Waals surface area contributed by atoms with Crippen molar-refractivity contribution >= 4 is 11.7 Å². The van der Waals surface area contributed by atoms with Gasteiger partial charge in [-0.15, -0.1) is 0 Å². The van der Waals surface area contributed by atoms with Crippen molar-refractivity contribution in [2.24, 2.45) is 0 Å². The average molecular weight is 375 g/mol. The van der Waals surface area contributed by atoms with Crippen LogP contribution in [0.5, 0.6) is 5.75 Å². The summed E-state index contributed by atoms with van der Waals surface area (Å²) < 4.78 is 5.38. The number of benzene rings is 2. The topological polar surface area (TPSA) is 54.5 Å². The predicted molar refractivity (Wildman–Crippen MR) is 112 cm³/mol. The number of carbonyl (C=O) groups is 1. The molecular weight excluding hydrogens is 350 g/mol. The van der Waals surface area contributed by atoms with Crippen molar-refractivity contribution in [1.29, 1.82) is 0 Å². The Morgan fingerprint density at radius 3 is 2.61 bits per heavy atom. The van der Waals surface area contributed by atoms with Gasteiger partial charge in [0.25, 0.3) is 5.91 Å².